The molecule has 0 radical (unpaired) electrons. The number of hydrogen-bond donors (Lipinski definition) is 2. The van der Waals surface area contributed by atoms with Crippen molar-refractivity contribution in [2.75, 3.05) is 6.54 Å². The van der Waals surface area contributed by atoms with Crippen molar-refractivity contribution in [3.63, 3.8) is 0 Å². The van der Waals surface area contributed by atoms with E-state index in [0.717, 1.165) is 17.7 Å². The summed E-state index contributed by atoms with van der Waals surface area (Å²) in [6.07, 6.45) is 4.16. The van der Waals surface area contributed by atoms with E-state index in [4.69, 9.17) is 11.1 Å². The number of nitrogens with zero attached hydrogens (tertiary/aromatic N) is 4. The van der Waals surface area contributed by atoms with Crippen molar-refractivity contribution in [1.82, 2.24) is 15.1 Å². The summed E-state index contributed by atoms with van der Waals surface area (Å²) in [6, 6.07) is 1.79. The molecule has 1 unspecified atom stereocenters. The van der Waals surface area contributed by atoms with Crippen molar-refractivity contribution in [3.8, 4) is 0 Å². The first-order valence-electron chi connectivity index (χ1n) is 8.97. The first kappa shape index (κ1) is 20.4. The van der Waals surface area contributed by atoms with E-state index in [-0.39, 0.29) is 29.7 Å². The second-order valence-electron chi connectivity index (χ2n) is 6.85. The van der Waals surface area contributed by atoms with E-state index < -0.39 is 23.4 Å². The lowest BCUT2D eigenvalue weighted by Crippen LogP contribution is -2.50. The second-order valence-corrected chi connectivity index (χ2v) is 6.85. The lowest BCUT2D eigenvalue weighted by Gasteiger charge is -2.29. The van der Waals surface area contributed by atoms with E-state index in [0.29, 0.717) is 24.9 Å². The number of rotatable bonds is 3. The topological polar surface area (TPSA) is 110 Å². The van der Waals surface area contributed by atoms with Crippen LogP contribution in [0.25, 0.3) is 0 Å². The molecule has 4 N–H and O–H groups in total. The number of aliphatic imine (C=N–C) groups is 1. The van der Waals surface area contributed by atoms with Crippen LogP contribution in [0.2, 0.25) is 0 Å². The fourth-order valence-electron chi connectivity index (χ4n) is 3.27. The molecule has 3 rings (SSSR count). The fraction of sp³-hybridized carbons (Fsp3) is 0.316. The van der Waals surface area contributed by atoms with E-state index in [1.165, 1.54) is 17.3 Å². The molecule has 152 valence electrons. The maximum Gasteiger partial charge on any atom is 0.327 e. The van der Waals surface area contributed by atoms with Gasteiger partial charge in [-0.15, -0.1) is 0 Å². The Morgan fingerprint density at radius 2 is 1.93 bits per heavy atom. The third-order valence-corrected chi connectivity index (χ3v) is 4.79. The number of amidine groups is 1. The molecule has 1 fully saturated rings. The van der Waals surface area contributed by atoms with Gasteiger partial charge in [-0.25, -0.2) is 13.2 Å². The largest absolute Gasteiger partial charge is 0.348 e. The van der Waals surface area contributed by atoms with Crippen LogP contribution in [0.5, 0.6) is 0 Å². The van der Waals surface area contributed by atoms with Crippen LogP contribution in [0.3, 0.4) is 0 Å². The number of nitrogens with two attached hydrogens (primary N) is 2. The predicted molar refractivity (Wildman–Crippen MR) is 98.9 cm³/mol. The van der Waals surface area contributed by atoms with Gasteiger partial charge in [0.2, 0.25) is 5.91 Å². The van der Waals surface area contributed by atoms with Crippen LogP contribution in [0.4, 0.5) is 13.2 Å². The summed E-state index contributed by atoms with van der Waals surface area (Å²) in [5.41, 5.74) is 7.49. The van der Waals surface area contributed by atoms with E-state index in [1.54, 1.807) is 6.92 Å². The van der Waals surface area contributed by atoms with Gasteiger partial charge in [-0.2, -0.15) is 10.2 Å². The van der Waals surface area contributed by atoms with Gasteiger partial charge in [0.15, 0.2) is 17.5 Å². The number of amides is 1. The average molecular weight is 405 g/mol. The molecule has 0 bridgehead atoms. The Labute approximate surface area is 165 Å². The van der Waals surface area contributed by atoms with Crippen LogP contribution in [-0.2, 0) is 11.2 Å². The van der Waals surface area contributed by atoms with Crippen molar-refractivity contribution in [1.29, 1.82) is 0 Å². The van der Waals surface area contributed by atoms with Gasteiger partial charge >= 0.3 is 11.8 Å². The van der Waals surface area contributed by atoms with Gasteiger partial charge < -0.3 is 5.73 Å². The van der Waals surface area contributed by atoms with Crippen LogP contribution in [0.15, 0.2) is 29.5 Å². The van der Waals surface area contributed by atoms with Gasteiger partial charge in [-0.3, -0.25) is 15.1 Å². The molecule has 1 aliphatic heterocycles. The third kappa shape index (κ3) is 4.41. The molecule has 1 atom stereocenters. The zero-order chi connectivity index (χ0) is 21.1. The zero-order valence-corrected chi connectivity index (χ0v) is 15.7. The van der Waals surface area contributed by atoms with Crippen molar-refractivity contribution in [2.45, 2.75) is 26.2 Å². The fourth-order valence-corrected chi connectivity index (χ4v) is 3.27. The molecule has 1 aromatic carbocycles. The highest BCUT2D eigenvalue weighted by Crippen LogP contribution is 2.24. The Bertz CT molecular complexity index is 971. The van der Waals surface area contributed by atoms with E-state index >= 15 is 0 Å². The van der Waals surface area contributed by atoms with E-state index in [2.05, 4.69) is 15.2 Å². The maximum absolute atomic E-state index is 13.5. The summed E-state index contributed by atoms with van der Waals surface area (Å²) >= 11 is 0. The molecule has 1 aromatic heterocycles. The van der Waals surface area contributed by atoms with Gasteiger partial charge in [0.1, 0.15) is 0 Å². The summed E-state index contributed by atoms with van der Waals surface area (Å²) < 4.78 is 40.1. The summed E-state index contributed by atoms with van der Waals surface area (Å²) in [5, 5.41) is 13.5. The number of aromatic nitrogens is 2. The van der Waals surface area contributed by atoms with E-state index in [9.17, 15) is 18.0 Å². The lowest BCUT2D eigenvalue weighted by molar-refractivity contribution is -0.134. The van der Waals surface area contributed by atoms with Crippen LogP contribution in [-0.4, -0.2) is 39.3 Å². The number of halogens is 3. The highest BCUT2D eigenvalue weighted by atomic mass is 19.2. The molecule has 1 aliphatic rings. The first-order chi connectivity index (χ1) is 13.8. The average Bonchev–Trinajstić information content (AvgIpc) is 2.67. The van der Waals surface area contributed by atoms with Gasteiger partial charge in [0.05, 0.1) is 18.0 Å². The van der Waals surface area contributed by atoms with Gasteiger partial charge in [-0.05, 0) is 54.4 Å². The molecular formula is C19H20F3N6O+. The SMILES string of the molecule is Cc1cnncc1C(=[NH2+])N=C(N)N1CCCC(Cc2cc(F)c(F)c(F)c2)C1=O. The number of benzene rings is 1. The Kier molecular flexibility index (Phi) is 5.90. The molecule has 10 heteroatoms. The molecule has 1 saturated heterocycles. The molecule has 1 amide bonds. The van der Waals surface area contributed by atoms with Crippen LogP contribution in [0, 0.1) is 30.3 Å². The number of carbonyl (C=O) groups excluding carboxylic acids is 1. The highest BCUT2D eigenvalue weighted by Gasteiger charge is 2.33. The Balaban J connectivity index is 1.77. The molecule has 2 aromatic rings. The Morgan fingerprint density at radius 1 is 1.28 bits per heavy atom. The standard InChI is InChI=1S/C19H19F3N6O/c1-10-8-25-26-9-13(10)17(23)27-19(24)28-4-2-3-12(18(28)29)5-11-6-14(20)16(22)15(21)7-11/h6-9,12H,2-5H2,1H3,(H3,23,24,27)/p+1. The summed E-state index contributed by atoms with van der Waals surface area (Å²) in [6.45, 7) is 2.13. The monoisotopic (exact) mass is 405 g/mol. The molecule has 7 nitrogen and oxygen atoms in total. The molecule has 29 heavy (non-hydrogen) atoms. The van der Waals surface area contributed by atoms with Gasteiger partial charge in [0.25, 0.3) is 0 Å². The normalized spacial score (nSPS) is 17.5. The minimum atomic E-state index is -1.53. The highest BCUT2D eigenvalue weighted by molar-refractivity contribution is 6.07. The zero-order valence-electron chi connectivity index (χ0n) is 15.7. The summed E-state index contributed by atoms with van der Waals surface area (Å²) in [5.74, 6) is -4.99. The molecular weight excluding hydrogens is 385 g/mol. The van der Waals surface area contributed by atoms with Crippen LogP contribution < -0.4 is 11.1 Å². The number of likely N-dealkylation sites (tertiary alicyclic amines) is 1. The molecule has 0 saturated carbocycles. The lowest BCUT2D eigenvalue weighted by atomic mass is 9.90. The molecule has 0 spiro atoms. The van der Waals surface area contributed by atoms with Crippen molar-refractivity contribution in [2.24, 2.45) is 16.6 Å². The van der Waals surface area contributed by atoms with Gasteiger partial charge in [0, 0.05) is 12.5 Å². The molecule has 2 heterocycles. The van der Waals surface area contributed by atoms with Crippen LogP contribution >= 0.6 is 0 Å². The second kappa shape index (κ2) is 8.38. The maximum atomic E-state index is 13.5. The first-order valence-corrected chi connectivity index (χ1v) is 8.97. The van der Waals surface area contributed by atoms with E-state index in [1.807, 2.05) is 0 Å². The van der Waals surface area contributed by atoms with Crippen LogP contribution in [0.1, 0.15) is 29.5 Å². The number of guanidine groups is 1. The Morgan fingerprint density at radius 3 is 2.59 bits per heavy atom. The Hall–Kier alpha value is -3.30. The summed E-state index contributed by atoms with van der Waals surface area (Å²) in [7, 11) is 0. The number of hydrogen-bond acceptors (Lipinski definition) is 3. The van der Waals surface area contributed by atoms with Gasteiger partial charge in [-0.1, -0.05) is 0 Å². The predicted octanol–water partition coefficient (Wildman–Crippen LogP) is 0.504. The minimum absolute atomic E-state index is 0.0588. The quantitative estimate of drug-likeness (QED) is 0.440. The number of piperidine rings is 1. The number of aryl methyl sites for hydroxylation is 1. The number of carbonyl (C=O) groups is 1. The van der Waals surface area contributed by atoms with Crippen molar-refractivity contribution < 1.29 is 23.4 Å². The molecule has 0 aliphatic carbocycles. The smallest absolute Gasteiger partial charge is 0.327 e. The summed E-state index contributed by atoms with van der Waals surface area (Å²) in [4.78, 5) is 18.2. The van der Waals surface area contributed by atoms with Crippen molar-refractivity contribution in [3.05, 3.63) is 58.7 Å². The van der Waals surface area contributed by atoms with Crippen molar-refractivity contribution >= 4 is 17.7 Å². The minimum Gasteiger partial charge on any atom is -0.348 e. The third-order valence-electron chi connectivity index (χ3n) is 4.79.